The summed E-state index contributed by atoms with van der Waals surface area (Å²) in [5.41, 5.74) is 4.83. The maximum absolute atomic E-state index is 5.50. The number of nitrogens with one attached hydrogen (secondary N) is 1. The third-order valence-electron chi connectivity index (χ3n) is 2.26. The number of pyridine rings is 1. The van der Waals surface area contributed by atoms with E-state index in [1.807, 2.05) is 19.1 Å². The Bertz CT molecular complexity index is 291. The smallest absolute Gasteiger partial charge is 0.0711 e. The first-order valence-electron chi connectivity index (χ1n) is 5.25. The largest absolute Gasteiger partial charge is 0.379 e. The van der Waals surface area contributed by atoms with Crippen LogP contribution in [0.4, 0.5) is 0 Å². The molecule has 0 spiro atoms. The summed E-state index contributed by atoms with van der Waals surface area (Å²) in [5, 5.41) is 0. The zero-order valence-electron chi connectivity index (χ0n) is 9.36. The van der Waals surface area contributed by atoms with Gasteiger partial charge in [0.25, 0.3) is 0 Å². The highest BCUT2D eigenvalue weighted by Crippen LogP contribution is 2.14. The molecule has 0 aromatic carbocycles. The molecule has 0 saturated heterocycles. The molecule has 0 saturated carbocycles. The van der Waals surface area contributed by atoms with E-state index in [0.29, 0.717) is 6.61 Å². The maximum Gasteiger partial charge on any atom is 0.0711 e. The molecule has 0 aliphatic rings. The van der Waals surface area contributed by atoms with Gasteiger partial charge in [-0.3, -0.25) is 16.3 Å². The fourth-order valence-corrected chi connectivity index (χ4v) is 1.44. The molecule has 1 heterocycles. The molecular formula is C11H19N3O. The second kappa shape index (κ2) is 6.50. The molecular weight excluding hydrogens is 190 g/mol. The molecule has 1 atom stereocenters. The number of nitrogens with zero attached hydrogens (tertiary/aromatic N) is 1. The van der Waals surface area contributed by atoms with Crippen molar-refractivity contribution < 1.29 is 4.74 Å². The highest BCUT2D eigenvalue weighted by Gasteiger charge is 2.12. The normalized spacial score (nSPS) is 12.7. The molecule has 0 bridgehead atoms. The second-order valence-corrected chi connectivity index (χ2v) is 3.47. The number of aromatic nitrogens is 1. The lowest BCUT2D eigenvalue weighted by molar-refractivity contribution is 0.112. The van der Waals surface area contributed by atoms with Gasteiger partial charge in [0.1, 0.15) is 0 Å². The Balaban J connectivity index is 2.61. The highest BCUT2D eigenvalue weighted by molar-refractivity contribution is 5.22. The second-order valence-electron chi connectivity index (χ2n) is 3.47. The van der Waals surface area contributed by atoms with Crippen LogP contribution in [0.15, 0.2) is 18.3 Å². The number of ether oxygens (including phenoxy) is 1. The molecule has 0 fully saturated rings. The van der Waals surface area contributed by atoms with Crippen molar-refractivity contribution in [2.75, 3.05) is 13.2 Å². The quantitative estimate of drug-likeness (QED) is 0.421. The monoisotopic (exact) mass is 209 g/mol. The first-order valence-corrected chi connectivity index (χ1v) is 5.25. The maximum atomic E-state index is 5.50. The highest BCUT2D eigenvalue weighted by atomic mass is 16.5. The van der Waals surface area contributed by atoms with Crippen LogP contribution in [0.3, 0.4) is 0 Å². The van der Waals surface area contributed by atoms with Gasteiger partial charge in [0.05, 0.1) is 12.6 Å². The molecule has 1 unspecified atom stereocenters. The molecule has 4 nitrogen and oxygen atoms in total. The minimum Gasteiger partial charge on any atom is -0.379 e. The Labute approximate surface area is 90.8 Å². The minimum absolute atomic E-state index is 0.0187. The lowest BCUT2D eigenvalue weighted by Crippen LogP contribution is -2.32. The number of rotatable bonds is 6. The summed E-state index contributed by atoms with van der Waals surface area (Å²) in [5.74, 6) is 5.50. The van der Waals surface area contributed by atoms with E-state index in [1.165, 1.54) is 0 Å². The number of nitrogens with two attached hydrogens (primary N) is 1. The summed E-state index contributed by atoms with van der Waals surface area (Å²) in [6.45, 7) is 5.40. The Morgan fingerprint density at radius 3 is 3.00 bits per heavy atom. The van der Waals surface area contributed by atoms with Crippen LogP contribution < -0.4 is 11.3 Å². The van der Waals surface area contributed by atoms with Crippen LogP contribution in [0.5, 0.6) is 0 Å². The van der Waals surface area contributed by atoms with Crippen LogP contribution >= 0.6 is 0 Å². The number of hydrogen-bond donors (Lipinski definition) is 2. The number of aryl methyl sites for hydroxylation is 1. The predicted octanol–water partition coefficient (Wildman–Crippen LogP) is 1.32. The van der Waals surface area contributed by atoms with E-state index in [9.17, 15) is 0 Å². The zero-order chi connectivity index (χ0) is 11.1. The minimum atomic E-state index is 0.0187. The SMILES string of the molecule is CCCOCC(NN)c1cccnc1C. The first kappa shape index (κ1) is 12.1. The van der Waals surface area contributed by atoms with Crippen molar-refractivity contribution in [1.29, 1.82) is 0 Å². The zero-order valence-corrected chi connectivity index (χ0v) is 9.36. The van der Waals surface area contributed by atoms with E-state index >= 15 is 0 Å². The molecule has 1 rings (SSSR count). The third-order valence-corrected chi connectivity index (χ3v) is 2.26. The summed E-state index contributed by atoms with van der Waals surface area (Å²) in [4.78, 5) is 4.23. The summed E-state index contributed by atoms with van der Waals surface area (Å²) in [7, 11) is 0. The fourth-order valence-electron chi connectivity index (χ4n) is 1.44. The molecule has 3 N–H and O–H groups in total. The van der Waals surface area contributed by atoms with Crippen molar-refractivity contribution in [2.24, 2.45) is 5.84 Å². The average molecular weight is 209 g/mol. The molecule has 0 amide bonds. The topological polar surface area (TPSA) is 60.2 Å². The van der Waals surface area contributed by atoms with Crippen LogP contribution in [-0.2, 0) is 4.74 Å². The Kier molecular flexibility index (Phi) is 5.25. The summed E-state index contributed by atoms with van der Waals surface area (Å²) in [6, 6.07) is 3.94. The summed E-state index contributed by atoms with van der Waals surface area (Å²) < 4.78 is 5.47. The number of hydrogen-bond acceptors (Lipinski definition) is 4. The van der Waals surface area contributed by atoms with Gasteiger partial charge in [-0.1, -0.05) is 13.0 Å². The van der Waals surface area contributed by atoms with Crippen molar-refractivity contribution in [3.8, 4) is 0 Å². The van der Waals surface area contributed by atoms with E-state index in [0.717, 1.165) is 24.3 Å². The van der Waals surface area contributed by atoms with Crippen LogP contribution in [0.2, 0.25) is 0 Å². The molecule has 0 radical (unpaired) electrons. The molecule has 0 aliphatic carbocycles. The van der Waals surface area contributed by atoms with E-state index in [-0.39, 0.29) is 6.04 Å². The van der Waals surface area contributed by atoms with Gasteiger partial charge in [0.2, 0.25) is 0 Å². The van der Waals surface area contributed by atoms with E-state index < -0.39 is 0 Å². The fraction of sp³-hybridized carbons (Fsp3) is 0.545. The van der Waals surface area contributed by atoms with Gasteiger partial charge < -0.3 is 4.74 Å². The van der Waals surface area contributed by atoms with Gasteiger partial charge in [-0.15, -0.1) is 0 Å². The van der Waals surface area contributed by atoms with Crippen LogP contribution in [0.25, 0.3) is 0 Å². The van der Waals surface area contributed by atoms with Crippen molar-refractivity contribution in [3.63, 3.8) is 0 Å². The molecule has 0 aliphatic heterocycles. The lowest BCUT2D eigenvalue weighted by atomic mass is 10.1. The molecule has 1 aromatic rings. The summed E-state index contributed by atoms with van der Waals surface area (Å²) in [6.07, 6.45) is 2.79. The Hall–Kier alpha value is -0.970. The van der Waals surface area contributed by atoms with Gasteiger partial charge in [-0.05, 0) is 25.0 Å². The molecule has 84 valence electrons. The van der Waals surface area contributed by atoms with Gasteiger partial charge in [-0.25, -0.2) is 0 Å². The van der Waals surface area contributed by atoms with Crippen LogP contribution in [-0.4, -0.2) is 18.2 Å². The van der Waals surface area contributed by atoms with Crippen molar-refractivity contribution in [3.05, 3.63) is 29.6 Å². The van der Waals surface area contributed by atoms with E-state index in [2.05, 4.69) is 17.3 Å². The molecule has 4 heteroatoms. The van der Waals surface area contributed by atoms with Gasteiger partial charge in [-0.2, -0.15) is 0 Å². The van der Waals surface area contributed by atoms with Gasteiger partial charge in [0, 0.05) is 18.5 Å². The van der Waals surface area contributed by atoms with E-state index in [1.54, 1.807) is 6.20 Å². The Morgan fingerprint density at radius 1 is 1.60 bits per heavy atom. The predicted molar refractivity (Wildman–Crippen MR) is 60.1 cm³/mol. The molecule has 1 aromatic heterocycles. The van der Waals surface area contributed by atoms with Crippen molar-refractivity contribution in [2.45, 2.75) is 26.3 Å². The van der Waals surface area contributed by atoms with Crippen molar-refractivity contribution in [1.82, 2.24) is 10.4 Å². The summed E-state index contributed by atoms with van der Waals surface area (Å²) >= 11 is 0. The average Bonchev–Trinajstić information content (AvgIpc) is 2.26. The molecule has 15 heavy (non-hydrogen) atoms. The van der Waals surface area contributed by atoms with Gasteiger partial charge >= 0.3 is 0 Å². The first-order chi connectivity index (χ1) is 7.29. The Morgan fingerprint density at radius 2 is 2.40 bits per heavy atom. The van der Waals surface area contributed by atoms with Crippen LogP contribution in [0.1, 0.15) is 30.6 Å². The lowest BCUT2D eigenvalue weighted by Gasteiger charge is -2.17. The third kappa shape index (κ3) is 3.58. The van der Waals surface area contributed by atoms with Crippen molar-refractivity contribution >= 4 is 0 Å². The number of hydrazine groups is 1. The van der Waals surface area contributed by atoms with Crippen LogP contribution in [0, 0.1) is 6.92 Å². The van der Waals surface area contributed by atoms with Gasteiger partial charge in [0.15, 0.2) is 0 Å². The standard InChI is InChI=1S/C11H19N3O/c1-3-7-15-8-11(14-12)10-5-4-6-13-9(10)2/h4-6,11,14H,3,7-8,12H2,1-2H3. The van der Waals surface area contributed by atoms with E-state index in [4.69, 9.17) is 10.6 Å².